The molecule has 0 amide bonds. The zero-order chi connectivity index (χ0) is 15.6. The number of aryl methyl sites for hydroxylation is 2. The van der Waals surface area contributed by atoms with Gasteiger partial charge in [-0.1, -0.05) is 0 Å². The number of nitrogens with zero attached hydrogens (tertiary/aromatic N) is 3. The molecule has 0 fully saturated rings. The quantitative estimate of drug-likeness (QED) is 0.858. The summed E-state index contributed by atoms with van der Waals surface area (Å²) in [6.07, 6.45) is 0. The molecule has 5 heteroatoms. The van der Waals surface area contributed by atoms with Crippen LogP contribution in [-0.2, 0) is 0 Å². The molecule has 0 aliphatic rings. The van der Waals surface area contributed by atoms with Gasteiger partial charge in [-0.2, -0.15) is 10.4 Å². The maximum Gasteiger partial charge on any atom is 0.289 e. The second-order valence-corrected chi connectivity index (χ2v) is 4.80. The Balaban J connectivity index is 2.58. The van der Waals surface area contributed by atoms with Gasteiger partial charge in [-0.3, -0.25) is 4.79 Å². The van der Waals surface area contributed by atoms with Gasteiger partial charge < -0.3 is 5.11 Å². The number of benzene rings is 1. The zero-order valence-corrected chi connectivity index (χ0v) is 12.1. The topological polar surface area (TPSA) is 78.4 Å². The molecule has 0 aliphatic carbocycles. The lowest BCUT2D eigenvalue weighted by atomic mass is 10.1. The summed E-state index contributed by atoms with van der Waals surface area (Å²) in [6.45, 7) is 5.27. The minimum atomic E-state index is -0.423. The molecule has 0 saturated carbocycles. The molecule has 21 heavy (non-hydrogen) atoms. The van der Waals surface area contributed by atoms with E-state index >= 15 is 0 Å². The van der Waals surface area contributed by atoms with Crippen LogP contribution < -0.4 is 5.56 Å². The Morgan fingerprint density at radius 2 is 1.90 bits per heavy atom. The predicted molar refractivity (Wildman–Crippen MR) is 80.6 cm³/mol. The zero-order valence-electron chi connectivity index (χ0n) is 12.1. The van der Waals surface area contributed by atoms with Gasteiger partial charge >= 0.3 is 0 Å². The Kier molecular flexibility index (Phi) is 3.90. The van der Waals surface area contributed by atoms with E-state index in [-0.39, 0.29) is 11.3 Å². The van der Waals surface area contributed by atoms with Crippen LogP contribution in [0.4, 0.5) is 0 Å². The molecule has 5 nitrogen and oxygen atoms in total. The monoisotopic (exact) mass is 281 g/mol. The Bertz CT molecular complexity index is 809. The second-order valence-electron chi connectivity index (χ2n) is 4.80. The van der Waals surface area contributed by atoms with E-state index in [9.17, 15) is 9.90 Å². The molecule has 1 heterocycles. The molecule has 2 aromatic rings. The van der Waals surface area contributed by atoms with Crippen LogP contribution in [0, 0.1) is 25.2 Å². The van der Waals surface area contributed by atoms with Crippen molar-refractivity contribution in [1.29, 1.82) is 5.26 Å². The Labute approximate surface area is 122 Å². The van der Waals surface area contributed by atoms with Gasteiger partial charge in [0, 0.05) is 5.69 Å². The first kappa shape index (κ1) is 14.5. The summed E-state index contributed by atoms with van der Waals surface area (Å²) < 4.78 is 1.23. The third kappa shape index (κ3) is 2.84. The number of phenolic OH excluding ortho intramolecular Hbond substituents is 1. The fraction of sp³-hybridized carbons (Fsp3) is 0.188. The standard InChI is InChI=1S/C16H15N3O2/c1-10-8-11(2)19(16(21)15(10)9-17)18-12(3)13-4-6-14(20)7-5-13/h4-8,20H,1-3H3/b18-12-. The van der Waals surface area contributed by atoms with Crippen LogP contribution in [0.25, 0.3) is 0 Å². The van der Waals surface area contributed by atoms with E-state index in [4.69, 9.17) is 5.26 Å². The molecule has 0 saturated heterocycles. The molecular formula is C16H15N3O2. The lowest BCUT2D eigenvalue weighted by Gasteiger charge is -2.08. The lowest BCUT2D eigenvalue weighted by molar-refractivity contribution is 0.475. The normalized spacial score (nSPS) is 11.2. The van der Waals surface area contributed by atoms with Crippen LogP contribution in [0.5, 0.6) is 5.75 Å². The van der Waals surface area contributed by atoms with Crippen LogP contribution in [-0.4, -0.2) is 15.5 Å². The van der Waals surface area contributed by atoms with Gasteiger partial charge in [0.2, 0.25) is 0 Å². The summed E-state index contributed by atoms with van der Waals surface area (Å²) in [5.74, 6) is 0.169. The SMILES string of the molecule is C/C(=N/n1c(C)cc(C)c(C#N)c1=O)c1ccc(O)cc1. The summed E-state index contributed by atoms with van der Waals surface area (Å²) in [5.41, 5.74) is 2.39. The van der Waals surface area contributed by atoms with E-state index in [2.05, 4.69) is 5.10 Å². The summed E-state index contributed by atoms with van der Waals surface area (Å²) in [5, 5.41) is 22.6. The highest BCUT2D eigenvalue weighted by molar-refractivity contribution is 5.98. The summed E-state index contributed by atoms with van der Waals surface area (Å²) in [4.78, 5) is 12.3. The maximum atomic E-state index is 12.3. The molecule has 1 N–H and O–H groups in total. The van der Waals surface area contributed by atoms with Crippen LogP contribution in [0.2, 0.25) is 0 Å². The molecule has 0 radical (unpaired) electrons. The molecule has 0 atom stereocenters. The van der Waals surface area contributed by atoms with E-state index in [0.29, 0.717) is 17.0 Å². The van der Waals surface area contributed by atoms with E-state index in [1.54, 1.807) is 51.1 Å². The summed E-state index contributed by atoms with van der Waals surface area (Å²) in [7, 11) is 0. The molecule has 0 aliphatic heterocycles. The van der Waals surface area contributed by atoms with Crippen LogP contribution in [0.15, 0.2) is 40.2 Å². The van der Waals surface area contributed by atoms with E-state index in [0.717, 1.165) is 5.56 Å². The Morgan fingerprint density at radius 1 is 1.29 bits per heavy atom. The molecule has 0 unspecified atom stereocenters. The van der Waals surface area contributed by atoms with Gasteiger partial charge in [0.25, 0.3) is 5.56 Å². The maximum absolute atomic E-state index is 12.3. The Hall–Kier alpha value is -2.87. The van der Waals surface area contributed by atoms with Crippen molar-refractivity contribution in [3.8, 4) is 11.8 Å². The number of aromatic hydroxyl groups is 1. The third-order valence-corrected chi connectivity index (χ3v) is 3.21. The fourth-order valence-corrected chi connectivity index (χ4v) is 2.05. The number of pyridine rings is 1. The molecule has 1 aromatic carbocycles. The first-order chi connectivity index (χ1) is 9.93. The summed E-state index contributed by atoms with van der Waals surface area (Å²) >= 11 is 0. The molecule has 0 spiro atoms. The first-order valence-corrected chi connectivity index (χ1v) is 6.42. The van der Waals surface area contributed by atoms with Gasteiger partial charge in [0.15, 0.2) is 0 Å². The minimum Gasteiger partial charge on any atom is -0.508 e. The van der Waals surface area contributed by atoms with Crippen molar-refractivity contribution in [3.63, 3.8) is 0 Å². The van der Waals surface area contributed by atoms with Gasteiger partial charge in [0.1, 0.15) is 17.4 Å². The van der Waals surface area contributed by atoms with Gasteiger partial charge in [0.05, 0.1) is 5.71 Å². The number of aromatic nitrogens is 1. The van der Waals surface area contributed by atoms with Crippen molar-refractivity contribution in [1.82, 2.24) is 4.68 Å². The molecule has 1 aromatic heterocycles. The highest BCUT2D eigenvalue weighted by Gasteiger charge is 2.10. The van der Waals surface area contributed by atoms with Crippen molar-refractivity contribution in [3.05, 3.63) is 63.1 Å². The highest BCUT2D eigenvalue weighted by atomic mass is 16.3. The highest BCUT2D eigenvalue weighted by Crippen LogP contribution is 2.11. The predicted octanol–water partition coefficient (Wildman–Crippen LogP) is 2.31. The minimum absolute atomic E-state index is 0.0999. The van der Waals surface area contributed by atoms with Crippen molar-refractivity contribution in [2.75, 3.05) is 0 Å². The average molecular weight is 281 g/mol. The first-order valence-electron chi connectivity index (χ1n) is 6.42. The molecule has 106 valence electrons. The summed E-state index contributed by atoms with van der Waals surface area (Å²) in [6, 6.07) is 10.2. The van der Waals surface area contributed by atoms with E-state index < -0.39 is 5.56 Å². The van der Waals surface area contributed by atoms with Crippen molar-refractivity contribution < 1.29 is 5.11 Å². The van der Waals surface area contributed by atoms with Gasteiger partial charge in [-0.25, -0.2) is 4.68 Å². The van der Waals surface area contributed by atoms with Crippen LogP contribution >= 0.6 is 0 Å². The molecule has 0 bridgehead atoms. The van der Waals surface area contributed by atoms with Crippen LogP contribution in [0.1, 0.15) is 29.3 Å². The van der Waals surface area contributed by atoms with Gasteiger partial charge in [-0.15, -0.1) is 0 Å². The van der Waals surface area contributed by atoms with E-state index in [1.807, 2.05) is 6.07 Å². The van der Waals surface area contributed by atoms with Crippen molar-refractivity contribution in [2.45, 2.75) is 20.8 Å². The Morgan fingerprint density at radius 3 is 2.48 bits per heavy atom. The van der Waals surface area contributed by atoms with Gasteiger partial charge in [-0.05, 0) is 62.2 Å². The van der Waals surface area contributed by atoms with Crippen molar-refractivity contribution >= 4 is 5.71 Å². The van der Waals surface area contributed by atoms with Crippen molar-refractivity contribution in [2.24, 2.45) is 5.10 Å². The second kappa shape index (κ2) is 5.63. The number of nitriles is 1. The molecule has 2 rings (SSSR count). The lowest BCUT2D eigenvalue weighted by Crippen LogP contribution is -2.23. The number of hydrogen-bond acceptors (Lipinski definition) is 4. The smallest absolute Gasteiger partial charge is 0.289 e. The largest absolute Gasteiger partial charge is 0.508 e. The van der Waals surface area contributed by atoms with E-state index in [1.165, 1.54) is 4.68 Å². The van der Waals surface area contributed by atoms with Crippen LogP contribution in [0.3, 0.4) is 0 Å². The average Bonchev–Trinajstić information content (AvgIpc) is 2.44. The molecular weight excluding hydrogens is 266 g/mol. The number of rotatable bonds is 2. The number of phenols is 1. The number of hydrogen-bond donors (Lipinski definition) is 1. The third-order valence-electron chi connectivity index (χ3n) is 3.21. The fourth-order valence-electron chi connectivity index (χ4n) is 2.05.